The van der Waals surface area contributed by atoms with E-state index in [1.165, 1.54) is 12.1 Å². The van der Waals surface area contributed by atoms with Crippen LogP contribution in [0.3, 0.4) is 0 Å². The van der Waals surface area contributed by atoms with E-state index in [4.69, 9.17) is 10.2 Å². The molecule has 0 amide bonds. The highest BCUT2D eigenvalue weighted by Crippen LogP contribution is 2.39. The van der Waals surface area contributed by atoms with E-state index < -0.39 is 11.6 Å². The lowest BCUT2D eigenvalue weighted by Gasteiger charge is -2.06. The topological polar surface area (TPSA) is 77.0 Å². The van der Waals surface area contributed by atoms with Crippen molar-refractivity contribution >= 4 is 28.2 Å². The van der Waals surface area contributed by atoms with Crippen molar-refractivity contribution in [3.8, 4) is 11.3 Å². The van der Waals surface area contributed by atoms with Crippen molar-refractivity contribution in [2.45, 2.75) is 0 Å². The van der Waals surface area contributed by atoms with Crippen molar-refractivity contribution in [1.29, 1.82) is 0 Å². The molecule has 7 heteroatoms. The molecule has 0 saturated carbocycles. The van der Waals surface area contributed by atoms with Crippen molar-refractivity contribution < 1.29 is 13.2 Å². The summed E-state index contributed by atoms with van der Waals surface area (Å²) in [5.74, 6) is -1.27. The van der Waals surface area contributed by atoms with E-state index in [2.05, 4.69) is 15.3 Å². The normalized spacial score (nSPS) is 11.0. The Hall–Kier alpha value is -3.48. The number of pyridine rings is 2. The van der Waals surface area contributed by atoms with Crippen LogP contribution in [0, 0.1) is 11.6 Å². The van der Waals surface area contributed by atoms with Gasteiger partial charge in [0.1, 0.15) is 23.0 Å². The highest BCUT2D eigenvalue weighted by Gasteiger charge is 2.17. The van der Waals surface area contributed by atoms with E-state index in [1.54, 1.807) is 36.8 Å². The summed E-state index contributed by atoms with van der Waals surface area (Å²) in [4.78, 5) is 8.32. The average molecular weight is 338 g/mol. The van der Waals surface area contributed by atoms with E-state index in [0.717, 1.165) is 11.6 Å². The second-order valence-electron chi connectivity index (χ2n) is 5.40. The Morgan fingerprint density at radius 2 is 1.68 bits per heavy atom. The molecule has 0 aliphatic carbocycles. The van der Waals surface area contributed by atoms with Crippen molar-refractivity contribution in [2.75, 3.05) is 11.1 Å². The molecule has 0 atom stereocenters. The zero-order valence-electron chi connectivity index (χ0n) is 12.8. The van der Waals surface area contributed by atoms with Crippen LogP contribution in [0.1, 0.15) is 0 Å². The molecular formula is C18H12F2N4O. The Morgan fingerprint density at radius 1 is 0.960 bits per heavy atom. The molecule has 0 saturated heterocycles. The number of nitrogens with one attached hydrogen (secondary N) is 1. The predicted octanol–water partition coefficient (Wildman–Crippen LogP) is 4.49. The number of fused-ring (bicyclic) bond motifs is 1. The molecule has 0 spiro atoms. The van der Waals surface area contributed by atoms with Gasteiger partial charge in [-0.1, -0.05) is 0 Å². The van der Waals surface area contributed by atoms with Crippen LogP contribution in [0.4, 0.5) is 26.0 Å². The van der Waals surface area contributed by atoms with Gasteiger partial charge in [0.05, 0.1) is 5.39 Å². The molecule has 0 bridgehead atoms. The first-order chi connectivity index (χ1) is 12.1. The van der Waals surface area contributed by atoms with Crippen molar-refractivity contribution in [3.05, 3.63) is 66.6 Å². The van der Waals surface area contributed by atoms with Crippen LogP contribution in [-0.2, 0) is 0 Å². The van der Waals surface area contributed by atoms with E-state index >= 15 is 0 Å². The molecule has 1 aromatic carbocycles. The van der Waals surface area contributed by atoms with Gasteiger partial charge in [0.2, 0.25) is 5.88 Å². The van der Waals surface area contributed by atoms with Crippen LogP contribution in [0.5, 0.6) is 0 Å². The molecule has 0 unspecified atom stereocenters. The van der Waals surface area contributed by atoms with Gasteiger partial charge in [-0.15, -0.1) is 0 Å². The fraction of sp³-hybridized carbons (Fsp3) is 0. The highest BCUT2D eigenvalue weighted by molar-refractivity contribution is 6.03. The van der Waals surface area contributed by atoms with Gasteiger partial charge in [-0.2, -0.15) is 0 Å². The van der Waals surface area contributed by atoms with Gasteiger partial charge in [0.15, 0.2) is 5.58 Å². The predicted molar refractivity (Wildman–Crippen MR) is 91.3 cm³/mol. The number of rotatable bonds is 3. The summed E-state index contributed by atoms with van der Waals surface area (Å²) in [5, 5.41) is 3.57. The van der Waals surface area contributed by atoms with Gasteiger partial charge >= 0.3 is 0 Å². The third kappa shape index (κ3) is 2.76. The van der Waals surface area contributed by atoms with Crippen molar-refractivity contribution in [3.63, 3.8) is 0 Å². The summed E-state index contributed by atoms with van der Waals surface area (Å²) in [7, 11) is 0. The lowest BCUT2D eigenvalue weighted by molar-refractivity contribution is 0.584. The van der Waals surface area contributed by atoms with Crippen LogP contribution >= 0.6 is 0 Å². The molecule has 0 radical (unpaired) electrons. The first kappa shape index (κ1) is 15.1. The maximum atomic E-state index is 13.4. The smallest absolute Gasteiger partial charge is 0.215 e. The Morgan fingerprint density at radius 3 is 2.40 bits per heavy atom. The molecule has 4 rings (SSSR count). The maximum absolute atomic E-state index is 13.4. The Bertz CT molecular complexity index is 1040. The minimum Gasteiger partial charge on any atom is -0.436 e. The number of hydrogen-bond acceptors (Lipinski definition) is 5. The molecule has 0 fully saturated rings. The largest absolute Gasteiger partial charge is 0.436 e. The molecule has 3 N–H and O–H groups in total. The Labute approximate surface area is 141 Å². The fourth-order valence-corrected chi connectivity index (χ4v) is 2.66. The number of nitrogens with zero attached hydrogens (tertiary/aromatic N) is 2. The number of anilines is 3. The van der Waals surface area contributed by atoms with Gasteiger partial charge in [-0.3, -0.25) is 9.97 Å². The molecule has 3 aromatic heterocycles. The van der Waals surface area contributed by atoms with E-state index in [9.17, 15) is 8.78 Å². The second kappa shape index (κ2) is 5.86. The molecule has 3 heterocycles. The monoisotopic (exact) mass is 338 g/mol. The van der Waals surface area contributed by atoms with Gasteiger partial charge in [-0.25, -0.2) is 8.78 Å². The number of aromatic nitrogens is 2. The van der Waals surface area contributed by atoms with Crippen molar-refractivity contribution in [2.24, 2.45) is 0 Å². The molecule has 25 heavy (non-hydrogen) atoms. The highest BCUT2D eigenvalue weighted by atomic mass is 19.1. The fourth-order valence-electron chi connectivity index (χ4n) is 2.66. The lowest BCUT2D eigenvalue weighted by atomic mass is 10.1. The summed E-state index contributed by atoms with van der Waals surface area (Å²) < 4.78 is 32.5. The average Bonchev–Trinajstić information content (AvgIpc) is 2.90. The number of hydrogen-bond donors (Lipinski definition) is 2. The third-order valence-corrected chi connectivity index (χ3v) is 3.72. The van der Waals surface area contributed by atoms with Gasteiger partial charge < -0.3 is 15.5 Å². The quantitative estimate of drug-likeness (QED) is 0.575. The summed E-state index contributed by atoms with van der Waals surface area (Å²) in [5.41, 5.74) is 8.52. The molecule has 0 aliphatic heterocycles. The molecule has 124 valence electrons. The van der Waals surface area contributed by atoms with Gasteiger partial charge in [-0.05, 0) is 30.3 Å². The minimum absolute atomic E-state index is 0.1000. The van der Waals surface area contributed by atoms with E-state index in [0.29, 0.717) is 22.4 Å². The Balaban J connectivity index is 1.84. The zero-order valence-corrected chi connectivity index (χ0v) is 12.8. The molecule has 5 nitrogen and oxygen atoms in total. The number of nitrogen functional groups attached to an aromatic ring is 1. The number of furan rings is 1. The second-order valence-corrected chi connectivity index (χ2v) is 5.40. The molecule has 4 aromatic rings. The molecular weight excluding hydrogens is 326 g/mol. The van der Waals surface area contributed by atoms with Crippen LogP contribution in [0.15, 0.2) is 59.4 Å². The summed E-state index contributed by atoms with van der Waals surface area (Å²) in [6.07, 6.45) is 4.91. The maximum Gasteiger partial charge on any atom is 0.215 e. The van der Waals surface area contributed by atoms with Gasteiger partial charge in [0, 0.05) is 35.9 Å². The van der Waals surface area contributed by atoms with Crippen LogP contribution < -0.4 is 11.1 Å². The van der Waals surface area contributed by atoms with E-state index in [-0.39, 0.29) is 11.6 Å². The third-order valence-electron chi connectivity index (χ3n) is 3.72. The Kier molecular flexibility index (Phi) is 3.53. The van der Waals surface area contributed by atoms with E-state index in [1.807, 2.05) is 0 Å². The number of nitrogens with two attached hydrogens (primary N) is 1. The standard InChI is InChI=1S/C18H12F2N4O/c19-11-7-12(20)9-13(8-11)24-16-14-3-6-23-15(17(14)25-18(16)21)10-1-4-22-5-2-10/h1-9,24H,21H2. The van der Waals surface area contributed by atoms with Gasteiger partial charge in [0.25, 0.3) is 0 Å². The number of halogens is 2. The van der Waals surface area contributed by atoms with Crippen LogP contribution in [0.2, 0.25) is 0 Å². The zero-order chi connectivity index (χ0) is 17.4. The van der Waals surface area contributed by atoms with Crippen molar-refractivity contribution in [1.82, 2.24) is 9.97 Å². The summed E-state index contributed by atoms with van der Waals surface area (Å²) in [6, 6.07) is 8.47. The summed E-state index contributed by atoms with van der Waals surface area (Å²) >= 11 is 0. The lowest BCUT2D eigenvalue weighted by Crippen LogP contribution is -1.95. The first-order valence-corrected chi connectivity index (χ1v) is 7.42. The SMILES string of the molecule is Nc1oc2c(-c3ccncc3)nccc2c1Nc1cc(F)cc(F)c1. The first-order valence-electron chi connectivity index (χ1n) is 7.42. The number of benzene rings is 1. The summed E-state index contributed by atoms with van der Waals surface area (Å²) in [6.45, 7) is 0. The van der Waals surface area contributed by atoms with Crippen LogP contribution in [0.25, 0.3) is 22.2 Å². The van der Waals surface area contributed by atoms with Crippen LogP contribution in [-0.4, -0.2) is 9.97 Å². The minimum atomic E-state index is -0.687. The molecule has 0 aliphatic rings.